The number of ether oxygens (including phenoxy) is 2. The SMILES string of the molecule is Cc1cn([C@@H]2O[C@]3(C(OP(=O)(O)O)(C(=O)[C@H](C)NOCc4ccccc4)c4ccccc4)CO[C@@H]2[C@@H]3O)c(=O)[nH]c1=O. The maximum absolute atomic E-state index is 14.4. The first-order valence-corrected chi connectivity index (χ1v) is 14.5. The molecule has 224 valence electrons. The Labute approximate surface area is 239 Å². The van der Waals surface area contributed by atoms with Gasteiger partial charge in [0.25, 0.3) is 5.56 Å². The molecule has 5 rings (SSSR count). The number of hydrogen-bond donors (Lipinski definition) is 5. The fraction of sp³-hybridized carbons (Fsp3) is 0.370. The van der Waals surface area contributed by atoms with Gasteiger partial charge in [0.15, 0.2) is 23.2 Å². The van der Waals surface area contributed by atoms with E-state index in [9.17, 15) is 33.8 Å². The predicted molar refractivity (Wildman–Crippen MR) is 145 cm³/mol. The van der Waals surface area contributed by atoms with Crippen molar-refractivity contribution in [3.05, 3.63) is 104 Å². The number of nitrogens with zero attached hydrogens (tertiary/aromatic N) is 1. The molecule has 2 saturated heterocycles. The van der Waals surface area contributed by atoms with E-state index >= 15 is 0 Å². The molecule has 0 saturated carbocycles. The van der Waals surface area contributed by atoms with E-state index in [1.54, 1.807) is 18.2 Å². The van der Waals surface area contributed by atoms with Gasteiger partial charge in [-0.2, -0.15) is 5.48 Å². The summed E-state index contributed by atoms with van der Waals surface area (Å²) in [6, 6.07) is 15.2. The standard InChI is InChI=1S/C27H30N3O11P/c1-16-13-30(25(34)28-23(16)33)24-20-22(32)26(40-24,15-38-20)27(41-42(35,36)37,19-11-7-4-8-12-19)21(31)17(2)29-39-14-18-9-5-3-6-10-18/h3-13,17,20,22,24,29,32H,14-15H2,1-2H3,(H,28,33,34)(H2,35,36,37)/t17-,20+,22-,24+,26+,27?/m0/s1. The van der Waals surface area contributed by atoms with E-state index in [4.69, 9.17) is 18.8 Å². The van der Waals surface area contributed by atoms with Crippen LogP contribution in [-0.4, -0.2) is 60.7 Å². The fourth-order valence-electron chi connectivity index (χ4n) is 5.47. The number of benzene rings is 2. The van der Waals surface area contributed by atoms with Crippen molar-refractivity contribution in [2.24, 2.45) is 0 Å². The molecule has 2 bridgehead atoms. The van der Waals surface area contributed by atoms with Crippen LogP contribution < -0.4 is 16.7 Å². The summed E-state index contributed by atoms with van der Waals surface area (Å²) in [5, 5.41) is 11.6. The number of hydrogen-bond acceptors (Lipinski definition) is 10. The van der Waals surface area contributed by atoms with Crippen molar-refractivity contribution in [1.29, 1.82) is 0 Å². The van der Waals surface area contributed by atoms with Crippen molar-refractivity contribution < 1.29 is 43.1 Å². The van der Waals surface area contributed by atoms with Gasteiger partial charge in [-0.25, -0.2) is 9.36 Å². The number of aliphatic hydroxyl groups is 1. The van der Waals surface area contributed by atoms with Crippen molar-refractivity contribution in [3.8, 4) is 0 Å². The third-order valence-electron chi connectivity index (χ3n) is 7.43. The van der Waals surface area contributed by atoms with Crippen LogP contribution in [0, 0.1) is 6.92 Å². The molecule has 1 unspecified atom stereocenters. The number of aromatic amines is 1. The lowest BCUT2D eigenvalue weighted by Crippen LogP contribution is -2.66. The Bertz CT molecular complexity index is 1610. The molecule has 2 aliphatic heterocycles. The molecule has 2 aliphatic rings. The Morgan fingerprint density at radius 1 is 1.19 bits per heavy atom. The third-order valence-corrected chi connectivity index (χ3v) is 7.94. The summed E-state index contributed by atoms with van der Waals surface area (Å²) in [6.07, 6.45) is -3.20. The third kappa shape index (κ3) is 5.22. The van der Waals surface area contributed by atoms with Gasteiger partial charge in [0.2, 0.25) is 0 Å². The summed E-state index contributed by atoms with van der Waals surface area (Å²) >= 11 is 0. The van der Waals surface area contributed by atoms with Crippen LogP contribution in [0.25, 0.3) is 0 Å². The zero-order valence-electron chi connectivity index (χ0n) is 22.6. The first-order chi connectivity index (χ1) is 19.9. The number of nitrogens with one attached hydrogen (secondary N) is 2. The fourth-order valence-corrected chi connectivity index (χ4v) is 6.18. The van der Waals surface area contributed by atoms with Crippen LogP contribution in [0.3, 0.4) is 0 Å². The Kier molecular flexibility index (Phi) is 8.20. The molecule has 6 atom stereocenters. The Hall–Kier alpha value is -3.30. The number of ketones is 1. The maximum Gasteiger partial charge on any atom is 0.471 e. The lowest BCUT2D eigenvalue weighted by molar-refractivity contribution is -0.242. The van der Waals surface area contributed by atoms with Crippen LogP contribution in [0.5, 0.6) is 0 Å². The number of aliphatic hydroxyl groups excluding tert-OH is 1. The minimum absolute atomic E-state index is 0.0519. The quantitative estimate of drug-likeness (QED) is 0.151. The molecule has 2 aromatic carbocycles. The molecule has 3 aromatic rings. The van der Waals surface area contributed by atoms with Crippen LogP contribution in [0.2, 0.25) is 0 Å². The highest BCUT2D eigenvalue weighted by Crippen LogP contribution is 2.60. The average molecular weight is 604 g/mol. The van der Waals surface area contributed by atoms with E-state index in [0.717, 1.165) is 10.1 Å². The number of aromatic nitrogens is 2. The van der Waals surface area contributed by atoms with Crippen molar-refractivity contribution in [1.82, 2.24) is 15.0 Å². The van der Waals surface area contributed by atoms with E-state index < -0.39 is 67.1 Å². The number of phosphoric acid groups is 1. The van der Waals surface area contributed by atoms with Crippen LogP contribution in [-0.2, 0) is 40.4 Å². The number of hydroxylamine groups is 1. The zero-order chi connectivity index (χ0) is 30.3. The van der Waals surface area contributed by atoms with Gasteiger partial charge in [-0.05, 0) is 25.0 Å². The Morgan fingerprint density at radius 2 is 1.83 bits per heavy atom. The van der Waals surface area contributed by atoms with Crippen molar-refractivity contribution in [3.63, 3.8) is 0 Å². The summed E-state index contributed by atoms with van der Waals surface area (Å²) in [6.45, 7) is 2.37. The molecule has 0 aliphatic carbocycles. The molecule has 15 heteroatoms. The molecule has 0 amide bonds. The summed E-state index contributed by atoms with van der Waals surface area (Å²) in [5.74, 6) is -0.959. The molecule has 1 aromatic heterocycles. The van der Waals surface area contributed by atoms with Crippen molar-refractivity contribution in [2.75, 3.05) is 6.61 Å². The minimum atomic E-state index is -5.50. The summed E-state index contributed by atoms with van der Waals surface area (Å²) in [7, 11) is -5.50. The van der Waals surface area contributed by atoms with Gasteiger partial charge in [0, 0.05) is 11.8 Å². The second kappa shape index (κ2) is 11.4. The van der Waals surface area contributed by atoms with E-state index in [1.165, 1.54) is 44.3 Å². The lowest BCUT2D eigenvalue weighted by Gasteiger charge is -2.47. The second-order valence-electron chi connectivity index (χ2n) is 10.2. The van der Waals surface area contributed by atoms with Crippen LogP contribution in [0.4, 0.5) is 0 Å². The molecule has 3 heterocycles. The van der Waals surface area contributed by atoms with Crippen molar-refractivity contribution in [2.45, 2.75) is 56.1 Å². The highest BCUT2D eigenvalue weighted by Gasteiger charge is 2.76. The number of fused-ring (bicyclic) bond motifs is 2. The summed E-state index contributed by atoms with van der Waals surface area (Å²) < 4.78 is 31.0. The summed E-state index contributed by atoms with van der Waals surface area (Å²) in [5.41, 5.74) is -2.98. The van der Waals surface area contributed by atoms with Crippen LogP contribution in [0.1, 0.15) is 29.8 Å². The second-order valence-corrected chi connectivity index (χ2v) is 11.4. The smallest absolute Gasteiger partial charge is 0.387 e. The van der Waals surface area contributed by atoms with Crippen LogP contribution in [0.15, 0.2) is 76.4 Å². The lowest BCUT2D eigenvalue weighted by atomic mass is 9.71. The molecule has 14 nitrogen and oxygen atoms in total. The molecular formula is C27H30N3O11P. The number of carbonyl (C=O) groups excluding carboxylic acids is 1. The number of carbonyl (C=O) groups is 1. The van der Waals surface area contributed by atoms with E-state index in [1.807, 2.05) is 18.2 Å². The number of aryl methyl sites for hydroxylation is 1. The first kappa shape index (κ1) is 30.2. The van der Waals surface area contributed by atoms with Gasteiger partial charge >= 0.3 is 13.5 Å². The highest BCUT2D eigenvalue weighted by molar-refractivity contribution is 7.46. The highest BCUT2D eigenvalue weighted by atomic mass is 31.2. The molecule has 42 heavy (non-hydrogen) atoms. The molecule has 2 fully saturated rings. The predicted octanol–water partition coefficient (Wildman–Crippen LogP) is 0.556. The molecule has 0 radical (unpaired) electrons. The number of H-pyrrole nitrogens is 1. The van der Waals surface area contributed by atoms with Gasteiger partial charge in [0.05, 0.1) is 19.3 Å². The van der Waals surface area contributed by atoms with Gasteiger partial charge in [-0.1, -0.05) is 60.7 Å². The van der Waals surface area contributed by atoms with E-state index in [0.29, 0.717) is 0 Å². The first-order valence-electron chi connectivity index (χ1n) is 13.0. The Balaban J connectivity index is 1.60. The number of phosphoric ester groups is 1. The number of rotatable bonds is 11. The monoisotopic (exact) mass is 603 g/mol. The van der Waals surface area contributed by atoms with Gasteiger partial charge < -0.3 is 24.4 Å². The van der Waals surface area contributed by atoms with Gasteiger partial charge in [0.1, 0.15) is 12.2 Å². The van der Waals surface area contributed by atoms with E-state index in [-0.39, 0.29) is 17.7 Å². The maximum atomic E-state index is 14.4. The van der Waals surface area contributed by atoms with Crippen LogP contribution >= 0.6 is 7.82 Å². The topological polar surface area (TPSA) is 199 Å². The average Bonchev–Trinajstić information content (AvgIpc) is 3.44. The number of Topliss-reactive ketones (excluding diaryl/α,β-unsaturated/α-hetero) is 1. The molecule has 0 spiro atoms. The molecule has 5 N–H and O–H groups in total. The zero-order valence-corrected chi connectivity index (χ0v) is 23.5. The Morgan fingerprint density at radius 3 is 2.48 bits per heavy atom. The van der Waals surface area contributed by atoms with Gasteiger partial charge in [-0.15, -0.1) is 0 Å². The normalized spacial score (nSPS) is 25.7. The van der Waals surface area contributed by atoms with Crippen molar-refractivity contribution >= 4 is 13.6 Å². The molecular weight excluding hydrogens is 573 g/mol. The summed E-state index contributed by atoms with van der Waals surface area (Å²) in [4.78, 5) is 67.1. The minimum Gasteiger partial charge on any atom is -0.387 e. The van der Waals surface area contributed by atoms with E-state index in [2.05, 4.69) is 10.5 Å². The largest absolute Gasteiger partial charge is 0.471 e. The van der Waals surface area contributed by atoms with Gasteiger partial charge in [-0.3, -0.25) is 28.5 Å².